The molecule has 0 unspecified atom stereocenters. The Morgan fingerprint density at radius 3 is 2.43 bits per heavy atom. The molecule has 160 valence electrons. The molecule has 0 bridgehead atoms. The van der Waals surface area contributed by atoms with Gasteiger partial charge in [0.1, 0.15) is 5.75 Å². The van der Waals surface area contributed by atoms with Crippen molar-refractivity contribution >= 4 is 11.8 Å². The highest BCUT2D eigenvalue weighted by Gasteiger charge is 2.20. The van der Waals surface area contributed by atoms with Crippen LogP contribution in [0.2, 0.25) is 0 Å². The van der Waals surface area contributed by atoms with Crippen LogP contribution in [0.4, 0.5) is 0 Å². The summed E-state index contributed by atoms with van der Waals surface area (Å²) in [6.07, 6.45) is 8.73. The lowest BCUT2D eigenvalue weighted by Crippen LogP contribution is -2.36. The molecule has 1 saturated heterocycles. The number of amides is 2. The van der Waals surface area contributed by atoms with E-state index in [4.69, 9.17) is 4.74 Å². The van der Waals surface area contributed by atoms with Crippen LogP contribution < -0.4 is 4.74 Å². The minimum atomic E-state index is -0.0793. The van der Waals surface area contributed by atoms with Crippen LogP contribution in [0.1, 0.15) is 48.5 Å². The van der Waals surface area contributed by atoms with E-state index in [1.54, 1.807) is 29.4 Å². The summed E-state index contributed by atoms with van der Waals surface area (Å²) in [6, 6.07) is 11.1. The van der Waals surface area contributed by atoms with Gasteiger partial charge < -0.3 is 14.5 Å². The van der Waals surface area contributed by atoms with Gasteiger partial charge in [-0.2, -0.15) is 0 Å². The lowest BCUT2D eigenvalue weighted by atomic mass is 10.1. The maximum Gasteiger partial charge on any atom is 0.260 e. The molecule has 2 amide bonds. The molecule has 0 N–H and O–H groups in total. The number of likely N-dealkylation sites (N-methyl/N-ethyl adjacent to an activating group) is 1. The van der Waals surface area contributed by atoms with Gasteiger partial charge in [-0.05, 0) is 56.0 Å². The molecule has 1 aromatic carbocycles. The molecule has 6 nitrogen and oxygen atoms in total. The number of hydrogen-bond donors (Lipinski definition) is 0. The third-order valence-electron chi connectivity index (χ3n) is 5.52. The first-order valence-electron chi connectivity index (χ1n) is 10.9. The highest BCUT2D eigenvalue weighted by molar-refractivity contribution is 5.97. The Morgan fingerprint density at radius 1 is 1.03 bits per heavy atom. The molecule has 30 heavy (non-hydrogen) atoms. The molecule has 0 spiro atoms. The molecule has 2 heterocycles. The zero-order chi connectivity index (χ0) is 21.2. The quantitative estimate of drug-likeness (QED) is 0.669. The summed E-state index contributed by atoms with van der Waals surface area (Å²) < 4.78 is 5.82. The molecule has 1 aliphatic rings. The lowest BCUT2D eigenvalue weighted by Gasteiger charge is -2.23. The van der Waals surface area contributed by atoms with Crippen molar-refractivity contribution in [3.8, 4) is 5.75 Å². The van der Waals surface area contributed by atoms with Crippen LogP contribution in [0.3, 0.4) is 0 Å². The number of rotatable bonds is 8. The van der Waals surface area contributed by atoms with Gasteiger partial charge in [-0.3, -0.25) is 14.6 Å². The minimum absolute atomic E-state index is 0.0100. The van der Waals surface area contributed by atoms with Gasteiger partial charge in [-0.15, -0.1) is 0 Å². The molecular weight excluding hydrogens is 378 g/mol. The Kier molecular flexibility index (Phi) is 8.24. The number of para-hydroxylation sites is 1. The summed E-state index contributed by atoms with van der Waals surface area (Å²) in [5.74, 6) is 0.376. The monoisotopic (exact) mass is 409 g/mol. The van der Waals surface area contributed by atoms with E-state index in [1.165, 1.54) is 12.8 Å². The number of carbonyl (C=O) groups excluding carboxylic acids is 2. The van der Waals surface area contributed by atoms with Crippen molar-refractivity contribution in [2.75, 3.05) is 32.8 Å². The largest absolute Gasteiger partial charge is 0.483 e. The van der Waals surface area contributed by atoms with E-state index in [0.29, 0.717) is 24.4 Å². The van der Waals surface area contributed by atoms with Crippen molar-refractivity contribution in [2.24, 2.45) is 0 Å². The number of aromatic nitrogens is 1. The molecule has 2 aromatic rings. The van der Waals surface area contributed by atoms with Crippen molar-refractivity contribution in [2.45, 2.75) is 39.0 Å². The Bertz CT molecular complexity index is 817. The van der Waals surface area contributed by atoms with Crippen LogP contribution in [-0.2, 0) is 11.2 Å². The Morgan fingerprint density at radius 2 is 1.73 bits per heavy atom. The van der Waals surface area contributed by atoms with Crippen LogP contribution in [-0.4, -0.2) is 59.4 Å². The molecule has 1 aliphatic heterocycles. The molecule has 0 radical (unpaired) electrons. The smallest absolute Gasteiger partial charge is 0.260 e. The maximum atomic E-state index is 13.1. The van der Waals surface area contributed by atoms with Crippen LogP contribution in [0.25, 0.3) is 0 Å². The number of carbonyl (C=O) groups is 2. The van der Waals surface area contributed by atoms with Gasteiger partial charge in [-0.25, -0.2) is 0 Å². The molecule has 6 heteroatoms. The Labute approximate surface area is 178 Å². The van der Waals surface area contributed by atoms with Gasteiger partial charge in [-0.1, -0.05) is 25.0 Å². The van der Waals surface area contributed by atoms with E-state index in [1.807, 2.05) is 36.1 Å². The van der Waals surface area contributed by atoms with E-state index in [9.17, 15) is 9.59 Å². The van der Waals surface area contributed by atoms with Gasteiger partial charge >= 0.3 is 0 Å². The van der Waals surface area contributed by atoms with Gasteiger partial charge in [0, 0.05) is 38.6 Å². The first-order chi connectivity index (χ1) is 14.7. The first-order valence-corrected chi connectivity index (χ1v) is 10.9. The molecule has 1 aromatic heterocycles. The number of hydrogen-bond acceptors (Lipinski definition) is 4. The third kappa shape index (κ3) is 6.05. The lowest BCUT2D eigenvalue weighted by molar-refractivity contribution is -0.133. The summed E-state index contributed by atoms with van der Waals surface area (Å²) in [5, 5.41) is 0. The van der Waals surface area contributed by atoms with Crippen LogP contribution in [0, 0.1) is 0 Å². The first kappa shape index (κ1) is 21.8. The van der Waals surface area contributed by atoms with Gasteiger partial charge in [0.2, 0.25) is 0 Å². The molecule has 0 atom stereocenters. The van der Waals surface area contributed by atoms with E-state index in [2.05, 4.69) is 4.98 Å². The fourth-order valence-corrected chi connectivity index (χ4v) is 3.71. The minimum Gasteiger partial charge on any atom is -0.483 e. The number of ether oxygens (including phenoxy) is 1. The van der Waals surface area contributed by atoms with Crippen molar-refractivity contribution in [1.29, 1.82) is 0 Å². The van der Waals surface area contributed by atoms with Crippen LogP contribution in [0.5, 0.6) is 5.75 Å². The second-order valence-electron chi connectivity index (χ2n) is 7.57. The average Bonchev–Trinajstić information content (AvgIpc) is 3.08. The van der Waals surface area contributed by atoms with E-state index in [-0.39, 0.29) is 18.4 Å². The number of pyridine rings is 1. The van der Waals surface area contributed by atoms with E-state index in [0.717, 1.165) is 37.9 Å². The standard InChI is InChI=1S/C24H31N3O3/c1-2-26(18-13-20-11-14-25-15-12-20)24(29)21-9-5-6-10-22(21)30-19-23(28)27-16-7-3-4-8-17-27/h5-6,9-12,14-15H,2-4,7-8,13,16-19H2,1H3. The normalized spacial score (nSPS) is 14.1. The van der Waals surface area contributed by atoms with Gasteiger partial charge in [0.05, 0.1) is 5.56 Å². The van der Waals surface area contributed by atoms with Gasteiger partial charge in [0.15, 0.2) is 6.61 Å². The molecule has 0 saturated carbocycles. The number of benzene rings is 1. The fourth-order valence-electron chi connectivity index (χ4n) is 3.71. The highest BCUT2D eigenvalue weighted by atomic mass is 16.5. The summed E-state index contributed by atoms with van der Waals surface area (Å²) in [4.78, 5) is 33.4. The predicted octanol–water partition coefficient (Wildman–Crippen LogP) is 3.57. The highest BCUT2D eigenvalue weighted by Crippen LogP contribution is 2.21. The summed E-state index contributed by atoms with van der Waals surface area (Å²) in [5.41, 5.74) is 1.64. The Balaban J connectivity index is 1.62. The molecule has 1 fully saturated rings. The van der Waals surface area contributed by atoms with Crippen molar-refractivity contribution < 1.29 is 14.3 Å². The zero-order valence-corrected chi connectivity index (χ0v) is 17.8. The summed E-state index contributed by atoms with van der Waals surface area (Å²) >= 11 is 0. The fraction of sp³-hybridized carbons (Fsp3) is 0.458. The van der Waals surface area contributed by atoms with E-state index >= 15 is 0 Å². The van der Waals surface area contributed by atoms with Gasteiger partial charge in [0.25, 0.3) is 11.8 Å². The third-order valence-corrected chi connectivity index (χ3v) is 5.52. The van der Waals surface area contributed by atoms with E-state index < -0.39 is 0 Å². The molecular formula is C24H31N3O3. The van der Waals surface area contributed by atoms with Crippen molar-refractivity contribution in [1.82, 2.24) is 14.8 Å². The second kappa shape index (κ2) is 11.3. The summed E-state index contributed by atoms with van der Waals surface area (Å²) in [6.45, 7) is 4.73. The van der Waals surface area contributed by atoms with Crippen LogP contribution >= 0.6 is 0 Å². The average molecular weight is 410 g/mol. The molecule has 3 rings (SSSR count). The number of nitrogens with zero attached hydrogens (tertiary/aromatic N) is 3. The van der Waals surface area contributed by atoms with Crippen LogP contribution in [0.15, 0.2) is 48.8 Å². The second-order valence-corrected chi connectivity index (χ2v) is 7.57. The predicted molar refractivity (Wildman–Crippen MR) is 117 cm³/mol. The topological polar surface area (TPSA) is 62.7 Å². The number of likely N-dealkylation sites (tertiary alicyclic amines) is 1. The maximum absolute atomic E-state index is 13.1. The SMILES string of the molecule is CCN(CCc1ccncc1)C(=O)c1ccccc1OCC(=O)N1CCCCCC1. The Hall–Kier alpha value is -2.89. The molecule has 0 aliphatic carbocycles. The van der Waals surface area contributed by atoms with Crippen molar-refractivity contribution in [3.63, 3.8) is 0 Å². The zero-order valence-electron chi connectivity index (χ0n) is 17.8. The van der Waals surface area contributed by atoms with Crippen molar-refractivity contribution in [3.05, 3.63) is 59.9 Å². The summed E-state index contributed by atoms with van der Waals surface area (Å²) in [7, 11) is 0.